The van der Waals surface area contributed by atoms with Crippen LogP contribution in [0, 0.1) is 52.3 Å². The van der Waals surface area contributed by atoms with E-state index < -0.39 is 76.3 Å². The lowest BCUT2D eigenvalue weighted by Crippen LogP contribution is -2.69. The van der Waals surface area contributed by atoms with E-state index in [9.17, 15) is 35.1 Å². The highest BCUT2D eigenvalue weighted by molar-refractivity contribution is 5.36. The molecule has 2 bridgehead atoms. The Kier molecular flexibility index (Phi) is 2.99. The minimum Gasteiger partial charge on any atom is -0.240 e. The molecule has 8 heteroatoms. The van der Waals surface area contributed by atoms with E-state index in [0.29, 0.717) is 0 Å². The van der Waals surface area contributed by atoms with Gasteiger partial charge in [0.25, 0.3) is 5.92 Å². The van der Waals surface area contributed by atoms with Crippen LogP contribution in [0.1, 0.15) is 12.0 Å². The van der Waals surface area contributed by atoms with Crippen molar-refractivity contribution in [1.29, 1.82) is 0 Å². The van der Waals surface area contributed by atoms with Gasteiger partial charge in [0.1, 0.15) is 0 Å². The van der Waals surface area contributed by atoms with Crippen LogP contribution in [0.2, 0.25) is 0 Å². The highest BCUT2D eigenvalue weighted by atomic mass is 19.3. The van der Waals surface area contributed by atoms with Crippen LogP contribution in [0.25, 0.3) is 0 Å². The summed E-state index contributed by atoms with van der Waals surface area (Å²) in [5, 5.41) is 0. The molecule has 0 aliphatic heterocycles. The Labute approximate surface area is 131 Å². The summed E-state index contributed by atoms with van der Waals surface area (Å²) >= 11 is 0. The van der Waals surface area contributed by atoms with Crippen molar-refractivity contribution in [1.82, 2.24) is 0 Å². The first-order valence-corrected chi connectivity index (χ1v) is 7.34. The minimum absolute atomic E-state index is 0.191. The number of fused-ring (bicyclic) bond motifs is 5. The fourth-order valence-corrected chi connectivity index (χ4v) is 4.85. The molecule has 130 valence electrons. The summed E-state index contributed by atoms with van der Waals surface area (Å²) in [4.78, 5) is 0. The van der Waals surface area contributed by atoms with Gasteiger partial charge in [-0.25, -0.2) is 35.1 Å². The average molecular weight is 354 g/mol. The highest BCUT2D eigenvalue weighted by Crippen LogP contribution is 2.74. The van der Waals surface area contributed by atoms with Crippen LogP contribution in [-0.2, 0) is 6.42 Å². The van der Waals surface area contributed by atoms with Crippen molar-refractivity contribution in [3.8, 4) is 0 Å². The zero-order chi connectivity index (χ0) is 17.6. The first-order chi connectivity index (χ1) is 11.1. The largest absolute Gasteiger partial charge is 0.283 e. The summed E-state index contributed by atoms with van der Waals surface area (Å²) in [7, 11) is 0. The summed E-state index contributed by atoms with van der Waals surface area (Å²) in [6.45, 7) is 0. The summed E-state index contributed by atoms with van der Waals surface area (Å²) in [6.07, 6.45) is -0.451. The minimum atomic E-state index is -3.67. The number of allylic oxidation sites excluding steroid dienone is 2. The van der Waals surface area contributed by atoms with E-state index in [1.54, 1.807) is 0 Å². The fourth-order valence-electron chi connectivity index (χ4n) is 4.85. The number of hydrogen-bond acceptors (Lipinski definition) is 0. The maximum Gasteiger partial charge on any atom is 0.283 e. The molecule has 0 radical (unpaired) electrons. The summed E-state index contributed by atoms with van der Waals surface area (Å²) in [6, 6.07) is 0. The van der Waals surface area contributed by atoms with Gasteiger partial charge in [0.05, 0.1) is 0 Å². The Balaban J connectivity index is 1.83. The second-order valence-corrected chi connectivity index (χ2v) is 6.74. The van der Waals surface area contributed by atoms with E-state index in [4.69, 9.17) is 0 Å². The molecule has 0 spiro atoms. The molecule has 24 heavy (non-hydrogen) atoms. The van der Waals surface area contributed by atoms with E-state index >= 15 is 0 Å². The van der Waals surface area contributed by atoms with Gasteiger partial charge in [0.15, 0.2) is 29.4 Å². The molecule has 3 aliphatic rings. The number of halogens is 8. The fraction of sp³-hybridized carbons (Fsp3) is 0.500. The lowest BCUT2D eigenvalue weighted by Gasteiger charge is -2.58. The van der Waals surface area contributed by atoms with Gasteiger partial charge in [-0.3, -0.25) is 0 Å². The molecule has 1 aromatic carbocycles. The van der Waals surface area contributed by atoms with Crippen LogP contribution < -0.4 is 0 Å². The monoisotopic (exact) mass is 354 g/mol. The second-order valence-electron chi connectivity index (χ2n) is 6.74. The molecule has 0 saturated heterocycles. The quantitative estimate of drug-likeness (QED) is 0.312. The summed E-state index contributed by atoms with van der Waals surface area (Å²) in [5.74, 6) is -17.3. The van der Waals surface area contributed by atoms with Crippen LogP contribution in [-0.4, -0.2) is 12.1 Å². The predicted octanol–water partition coefficient (Wildman–Crippen LogP) is 4.72. The molecule has 5 unspecified atom stereocenters. The van der Waals surface area contributed by atoms with Crippen molar-refractivity contribution in [3.05, 3.63) is 46.8 Å². The van der Waals surface area contributed by atoms with Gasteiger partial charge < -0.3 is 0 Å². The van der Waals surface area contributed by atoms with Crippen molar-refractivity contribution in [3.63, 3.8) is 0 Å². The predicted molar refractivity (Wildman–Crippen MR) is 66.4 cm³/mol. The van der Waals surface area contributed by atoms with Crippen LogP contribution in [0.5, 0.6) is 0 Å². The second kappa shape index (κ2) is 4.52. The molecule has 4 rings (SSSR count). The molecule has 3 aliphatic carbocycles. The van der Waals surface area contributed by atoms with Crippen LogP contribution in [0.15, 0.2) is 12.2 Å². The molecule has 2 saturated carbocycles. The highest BCUT2D eigenvalue weighted by Gasteiger charge is 2.81. The van der Waals surface area contributed by atoms with Gasteiger partial charge in [-0.15, -0.1) is 0 Å². The van der Waals surface area contributed by atoms with E-state index in [1.165, 1.54) is 12.2 Å². The van der Waals surface area contributed by atoms with E-state index in [-0.39, 0.29) is 6.42 Å². The lowest BCUT2D eigenvalue weighted by atomic mass is 9.49. The summed E-state index contributed by atoms with van der Waals surface area (Å²) in [5.41, 5.74) is -3.06. The van der Waals surface area contributed by atoms with Crippen LogP contribution in [0.3, 0.4) is 0 Å². The molecule has 0 amide bonds. The zero-order valence-corrected chi connectivity index (χ0v) is 11.9. The number of rotatable bonds is 2. The SMILES string of the molecule is Fc1c(F)c(F)c(CC23C4C=CC(C4)C2C(F)(F)C3F)c(F)c1F. The van der Waals surface area contributed by atoms with Crippen molar-refractivity contribution in [2.24, 2.45) is 23.2 Å². The Morgan fingerprint density at radius 3 is 2.00 bits per heavy atom. The molecule has 0 nitrogen and oxygen atoms in total. The van der Waals surface area contributed by atoms with Gasteiger partial charge in [0.2, 0.25) is 5.82 Å². The normalized spacial score (nSPS) is 38.3. The zero-order valence-electron chi connectivity index (χ0n) is 11.9. The maximum absolute atomic E-state index is 14.3. The third-order valence-corrected chi connectivity index (χ3v) is 5.82. The van der Waals surface area contributed by atoms with Gasteiger partial charge >= 0.3 is 0 Å². The Morgan fingerprint density at radius 1 is 0.875 bits per heavy atom. The van der Waals surface area contributed by atoms with Crippen molar-refractivity contribution < 1.29 is 35.1 Å². The first kappa shape index (κ1) is 15.9. The Bertz CT molecular complexity index is 741. The lowest BCUT2D eigenvalue weighted by molar-refractivity contribution is -0.289. The molecule has 2 fully saturated rings. The smallest absolute Gasteiger partial charge is 0.240 e. The number of benzene rings is 1. The topological polar surface area (TPSA) is 0 Å². The maximum atomic E-state index is 14.3. The van der Waals surface area contributed by atoms with Gasteiger partial charge in [-0.2, -0.15) is 0 Å². The molecular weight excluding hydrogens is 344 g/mol. The van der Waals surface area contributed by atoms with Crippen molar-refractivity contribution >= 4 is 0 Å². The van der Waals surface area contributed by atoms with Gasteiger partial charge in [0, 0.05) is 16.9 Å². The molecule has 5 atom stereocenters. The standard InChI is InChI=1S/C16H10F8/c17-8-7(9(18)11(20)12(21)10(8)19)4-15-6-2-1-5(3-6)13(15)16(23,24)14(15)22/h1-2,5-6,13-14H,3-4H2. The molecule has 0 N–H and O–H groups in total. The van der Waals surface area contributed by atoms with Crippen molar-refractivity contribution in [2.75, 3.05) is 0 Å². The number of hydrogen-bond donors (Lipinski definition) is 0. The van der Waals surface area contributed by atoms with Crippen LogP contribution >= 0.6 is 0 Å². The third kappa shape index (κ3) is 1.55. The number of alkyl halides is 3. The Hall–Kier alpha value is -1.60. The van der Waals surface area contributed by atoms with E-state index in [0.717, 1.165) is 0 Å². The van der Waals surface area contributed by atoms with E-state index in [1.807, 2.05) is 0 Å². The molecular formula is C16H10F8. The molecule has 0 aromatic heterocycles. The van der Waals surface area contributed by atoms with Crippen molar-refractivity contribution in [2.45, 2.75) is 24.9 Å². The summed E-state index contributed by atoms with van der Waals surface area (Å²) < 4.78 is 110. The van der Waals surface area contributed by atoms with Gasteiger partial charge in [-0.1, -0.05) is 12.2 Å². The molecule has 1 aromatic rings. The average Bonchev–Trinajstić information content (AvgIpc) is 3.13. The Morgan fingerprint density at radius 2 is 1.42 bits per heavy atom. The molecule has 0 heterocycles. The van der Waals surface area contributed by atoms with Crippen LogP contribution in [0.4, 0.5) is 35.1 Å². The van der Waals surface area contributed by atoms with E-state index in [2.05, 4.69) is 0 Å². The first-order valence-electron chi connectivity index (χ1n) is 7.34. The van der Waals surface area contributed by atoms with Gasteiger partial charge in [-0.05, 0) is 24.7 Å². The third-order valence-electron chi connectivity index (χ3n) is 5.82.